The van der Waals surface area contributed by atoms with Gasteiger partial charge in [0.15, 0.2) is 0 Å². The Morgan fingerprint density at radius 2 is 1.64 bits per heavy atom. The Kier molecular flexibility index (Phi) is 2.16. The Labute approximate surface area is 89.4 Å². The number of hydrogen-bond acceptors (Lipinski definition) is 1. The molecule has 0 bridgehead atoms. The molecular weight excluding hydrogens is 252 g/mol. The SMILES string of the molecule is NC1(c2ccc(Br)cc2)CC(F)(F)C1. The average molecular weight is 262 g/mol. The molecule has 1 aromatic rings. The number of alkyl halides is 2. The molecule has 1 fully saturated rings. The van der Waals surface area contributed by atoms with E-state index in [2.05, 4.69) is 15.9 Å². The zero-order valence-electron chi connectivity index (χ0n) is 7.43. The van der Waals surface area contributed by atoms with Crippen molar-refractivity contribution in [2.45, 2.75) is 24.3 Å². The van der Waals surface area contributed by atoms with Crippen LogP contribution in [0.5, 0.6) is 0 Å². The van der Waals surface area contributed by atoms with Crippen molar-refractivity contribution in [3.63, 3.8) is 0 Å². The molecule has 0 aromatic heterocycles. The van der Waals surface area contributed by atoms with Gasteiger partial charge < -0.3 is 5.73 Å². The minimum absolute atomic E-state index is 0.248. The van der Waals surface area contributed by atoms with Crippen LogP contribution < -0.4 is 5.73 Å². The van der Waals surface area contributed by atoms with Crippen LogP contribution in [-0.4, -0.2) is 5.92 Å². The quantitative estimate of drug-likeness (QED) is 0.827. The fourth-order valence-electron chi connectivity index (χ4n) is 1.86. The van der Waals surface area contributed by atoms with Crippen LogP contribution in [0, 0.1) is 0 Å². The number of rotatable bonds is 1. The lowest BCUT2D eigenvalue weighted by molar-refractivity contribution is -0.125. The summed E-state index contributed by atoms with van der Waals surface area (Å²) in [5.74, 6) is -2.58. The molecule has 0 atom stereocenters. The Balaban J connectivity index is 2.21. The lowest BCUT2D eigenvalue weighted by Gasteiger charge is -2.44. The molecule has 4 heteroatoms. The second kappa shape index (κ2) is 3.00. The Morgan fingerprint density at radius 3 is 2.07 bits per heavy atom. The van der Waals surface area contributed by atoms with Crippen molar-refractivity contribution in [3.8, 4) is 0 Å². The fraction of sp³-hybridized carbons (Fsp3) is 0.400. The summed E-state index contributed by atoms with van der Waals surface area (Å²) < 4.78 is 26.3. The van der Waals surface area contributed by atoms with Gasteiger partial charge in [-0.3, -0.25) is 0 Å². The second-order valence-electron chi connectivity index (χ2n) is 3.87. The van der Waals surface area contributed by atoms with Crippen LogP contribution in [0.1, 0.15) is 18.4 Å². The first-order valence-electron chi connectivity index (χ1n) is 4.34. The predicted molar refractivity (Wildman–Crippen MR) is 54.2 cm³/mol. The zero-order valence-corrected chi connectivity index (χ0v) is 9.02. The monoisotopic (exact) mass is 261 g/mol. The van der Waals surface area contributed by atoms with Crippen LogP contribution in [0.4, 0.5) is 8.78 Å². The lowest BCUT2D eigenvalue weighted by atomic mass is 9.70. The molecule has 0 spiro atoms. The van der Waals surface area contributed by atoms with Crippen molar-refractivity contribution in [1.82, 2.24) is 0 Å². The highest BCUT2D eigenvalue weighted by Gasteiger charge is 2.55. The maximum absolute atomic E-state index is 12.7. The van der Waals surface area contributed by atoms with Gasteiger partial charge >= 0.3 is 0 Å². The number of benzene rings is 1. The molecule has 1 aromatic carbocycles. The van der Waals surface area contributed by atoms with E-state index >= 15 is 0 Å². The first kappa shape index (κ1) is 10.1. The molecule has 0 saturated heterocycles. The summed E-state index contributed by atoms with van der Waals surface area (Å²) in [6.45, 7) is 0. The normalized spacial score (nSPS) is 22.9. The number of halogens is 3. The third kappa shape index (κ3) is 1.68. The minimum Gasteiger partial charge on any atom is -0.321 e. The molecular formula is C10H10BrF2N. The van der Waals surface area contributed by atoms with Gasteiger partial charge in [-0.15, -0.1) is 0 Å². The molecule has 0 unspecified atom stereocenters. The summed E-state index contributed by atoms with van der Waals surface area (Å²) in [4.78, 5) is 0. The molecule has 0 radical (unpaired) electrons. The van der Waals surface area contributed by atoms with Crippen molar-refractivity contribution in [2.75, 3.05) is 0 Å². The molecule has 2 rings (SSSR count). The van der Waals surface area contributed by atoms with Crippen LogP contribution in [0.15, 0.2) is 28.7 Å². The lowest BCUT2D eigenvalue weighted by Crippen LogP contribution is -2.55. The van der Waals surface area contributed by atoms with Gasteiger partial charge in [0.1, 0.15) is 0 Å². The zero-order chi connectivity index (χ0) is 10.4. The van der Waals surface area contributed by atoms with E-state index in [1.165, 1.54) is 0 Å². The van der Waals surface area contributed by atoms with Crippen molar-refractivity contribution >= 4 is 15.9 Å². The maximum atomic E-state index is 12.7. The van der Waals surface area contributed by atoms with E-state index in [0.717, 1.165) is 10.0 Å². The van der Waals surface area contributed by atoms with Crippen LogP contribution in [0.25, 0.3) is 0 Å². The van der Waals surface area contributed by atoms with Crippen LogP contribution >= 0.6 is 15.9 Å². The molecule has 0 amide bonds. The number of hydrogen-bond donors (Lipinski definition) is 1. The van der Waals surface area contributed by atoms with Crippen molar-refractivity contribution in [2.24, 2.45) is 5.73 Å². The van der Waals surface area contributed by atoms with Gasteiger partial charge in [0, 0.05) is 17.3 Å². The highest BCUT2D eigenvalue weighted by molar-refractivity contribution is 9.10. The van der Waals surface area contributed by atoms with E-state index < -0.39 is 11.5 Å². The van der Waals surface area contributed by atoms with Crippen molar-refractivity contribution in [1.29, 1.82) is 0 Å². The molecule has 2 N–H and O–H groups in total. The smallest absolute Gasteiger partial charge is 0.252 e. The third-order valence-corrected chi connectivity index (χ3v) is 3.10. The summed E-state index contributed by atoms with van der Waals surface area (Å²) in [5, 5.41) is 0. The fourth-order valence-corrected chi connectivity index (χ4v) is 2.12. The van der Waals surface area contributed by atoms with Crippen molar-refractivity contribution in [3.05, 3.63) is 34.3 Å². The Bertz CT molecular complexity index is 340. The maximum Gasteiger partial charge on any atom is 0.252 e. The molecule has 1 aliphatic carbocycles. The highest BCUT2D eigenvalue weighted by Crippen LogP contribution is 2.49. The van der Waals surface area contributed by atoms with Gasteiger partial charge in [-0.2, -0.15) is 0 Å². The molecule has 14 heavy (non-hydrogen) atoms. The molecule has 76 valence electrons. The molecule has 1 saturated carbocycles. The Hall–Kier alpha value is -0.480. The van der Waals surface area contributed by atoms with Crippen molar-refractivity contribution < 1.29 is 8.78 Å². The van der Waals surface area contributed by atoms with Crippen LogP contribution in [0.3, 0.4) is 0 Å². The van der Waals surface area contributed by atoms with Gasteiger partial charge in [0.05, 0.1) is 5.54 Å². The number of nitrogens with two attached hydrogens (primary N) is 1. The third-order valence-electron chi connectivity index (χ3n) is 2.57. The topological polar surface area (TPSA) is 26.0 Å². The first-order valence-corrected chi connectivity index (χ1v) is 5.13. The van der Waals surface area contributed by atoms with Crippen LogP contribution in [0.2, 0.25) is 0 Å². The molecule has 1 nitrogen and oxygen atoms in total. The van der Waals surface area contributed by atoms with Gasteiger partial charge in [0.2, 0.25) is 0 Å². The van der Waals surface area contributed by atoms with Gasteiger partial charge in [-0.1, -0.05) is 28.1 Å². The summed E-state index contributed by atoms with van der Waals surface area (Å²) in [7, 11) is 0. The molecule has 1 aliphatic rings. The van der Waals surface area contributed by atoms with E-state index in [1.807, 2.05) is 12.1 Å². The summed E-state index contributed by atoms with van der Waals surface area (Å²) >= 11 is 3.29. The largest absolute Gasteiger partial charge is 0.321 e. The summed E-state index contributed by atoms with van der Waals surface area (Å²) in [5.41, 5.74) is 5.81. The average Bonchev–Trinajstić information content (AvgIpc) is 2.01. The van der Waals surface area contributed by atoms with E-state index in [4.69, 9.17) is 5.73 Å². The van der Waals surface area contributed by atoms with E-state index in [-0.39, 0.29) is 12.8 Å². The van der Waals surface area contributed by atoms with E-state index in [9.17, 15) is 8.78 Å². The second-order valence-corrected chi connectivity index (χ2v) is 4.79. The van der Waals surface area contributed by atoms with Gasteiger partial charge in [0.25, 0.3) is 5.92 Å². The summed E-state index contributed by atoms with van der Waals surface area (Å²) in [6.07, 6.45) is -0.497. The van der Waals surface area contributed by atoms with Crippen LogP contribution in [-0.2, 0) is 5.54 Å². The minimum atomic E-state index is -2.58. The molecule has 0 aliphatic heterocycles. The molecule has 0 heterocycles. The van der Waals surface area contributed by atoms with E-state index in [1.54, 1.807) is 12.1 Å². The summed E-state index contributed by atoms with van der Waals surface area (Å²) in [6, 6.07) is 7.22. The van der Waals surface area contributed by atoms with Gasteiger partial charge in [-0.05, 0) is 17.7 Å². The predicted octanol–water partition coefficient (Wildman–Crippen LogP) is 3.03. The van der Waals surface area contributed by atoms with Gasteiger partial charge in [-0.25, -0.2) is 8.78 Å². The highest BCUT2D eigenvalue weighted by atomic mass is 79.9. The Morgan fingerprint density at radius 1 is 1.14 bits per heavy atom. The standard InChI is InChI=1S/C10H10BrF2N/c11-8-3-1-7(2-4-8)9(14)5-10(12,13)6-9/h1-4H,5-6,14H2. The van der Waals surface area contributed by atoms with E-state index in [0.29, 0.717) is 0 Å². The first-order chi connectivity index (χ1) is 6.41.